The zero-order chi connectivity index (χ0) is 18.9. The Balaban J connectivity index is 1.89. The van der Waals surface area contributed by atoms with Gasteiger partial charge in [-0.3, -0.25) is 4.79 Å². The van der Waals surface area contributed by atoms with E-state index in [9.17, 15) is 14.0 Å². The normalized spacial score (nSPS) is 11.5. The smallest absolute Gasteiger partial charge is 0.347 e. The largest absolute Gasteiger partial charge is 0.479 e. The van der Waals surface area contributed by atoms with E-state index in [1.54, 1.807) is 31.2 Å². The number of carbonyl (C=O) groups is 2. The summed E-state index contributed by atoms with van der Waals surface area (Å²) in [4.78, 5) is 24.0. The van der Waals surface area contributed by atoms with Gasteiger partial charge in [-0.05, 0) is 61.9 Å². The Morgan fingerprint density at radius 1 is 1.08 bits per heavy atom. The van der Waals surface area contributed by atoms with Gasteiger partial charge in [0, 0.05) is 11.3 Å². The Morgan fingerprint density at radius 2 is 1.73 bits per heavy atom. The van der Waals surface area contributed by atoms with Gasteiger partial charge >= 0.3 is 5.97 Å². The number of carbonyl (C=O) groups excluding carboxylic acids is 2. The van der Waals surface area contributed by atoms with Crippen LogP contribution in [0.2, 0.25) is 0 Å². The molecule has 0 radical (unpaired) electrons. The second-order valence-corrected chi connectivity index (χ2v) is 5.77. The average Bonchev–Trinajstić information content (AvgIpc) is 2.64. The summed E-state index contributed by atoms with van der Waals surface area (Å²) in [6.45, 7) is 4.01. The van der Waals surface area contributed by atoms with Crippen molar-refractivity contribution >= 4 is 17.6 Å². The molecule has 26 heavy (non-hydrogen) atoms. The summed E-state index contributed by atoms with van der Waals surface area (Å²) in [6.07, 6.45) is 1.03. The third-order valence-corrected chi connectivity index (χ3v) is 3.61. The summed E-state index contributed by atoms with van der Waals surface area (Å²) in [6, 6.07) is 11.9. The first-order chi connectivity index (χ1) is 12.5. The number of hydrogen-bond acceptors (Lipinski definition) is 4. The van der Waals surface area contributed by atoms with Crippen LogP contribution in [0.3, 0.4) is 0 Å². The van der Waals surface area contributed by atoms with Gasteiger partial charge in [0.1, 0.15) is 11.6 Å². The van der Waals surface area contributed by atoms with Gasteiger partial charge in [0.2, 0.25) is 0 Å². The summed E-state index contributed by atoms with van der Waals surface area (Å²) >= 11 is 0. The van der Waals surface area contributed by atoms with Gasteiger partial charge in [-0.2, -0.15) is 0 Å². The maximum atomic E-state index is 12.9. The van der Waals surface area contributed by atoms with E-state index in [-0.39, 0.29) is 11.7 Å². The highest BCUT2D eigenvalue weighted by Crippen LogP contribution is 2.16. The molecule has 0 fully saturated rings. The number of rotatable bonds is 8. The highest BCUT2D eigenvalue weighted by molar-refractivity contribution is 6.04. The third kappa shape index (κ3) is 5.88. The second kappa shape index (κ2) is 9.56. The van der Waals surface area contributed by atoms with Crippen LogP contribution in [-0.2, 0) is 9.53 Å². The molecule has 2 aromatic rings. The molecule has 5 nitrogen and oxygen atoms in total. The SMILES string of the molecule is CCCCOC(=O)C(C)Oc1ccc(C(=O)Nc2ccc(F)cc2)cc1. The van der Waals surface area contributed by atoms with Crippen LogP contribution in [0.5, 0.6) is 5.75 Å². The topological polar surface area (TPSA) is 64.6 Å². The summed E-state index contributed by atoms with van der Waals surface area (Å²) in [7, 11) is 0. The van der Waals surface area contributed by atoms with E-state index in [4.69, 9.17) is 9.47 Å². The van der Waals surface area contributed by atoms with Crippen molar-refractivity contribution in [3.8, 4) is 5.75 Å². The number of ether oxygens (including phenoxy) is 2. The number of hydrogen-bond donors (Lipinski definition) is 1. The van der Waals surface area contributed by atoms with E-state index in [0.29, 0.717) is 23.6 Å². The highest BCUT2D eigenvalue weighted by atomic mass is 19.1. The zero-order valence-electron chi connectivity index (χ0n) is 14.8. The molecule has 0 aromatic heterocycles. The number of esters is 1. The van der Waals surface area contributed by atoms with Crippen LogP contribution in [0.1, 0.15) is 37.0 Å². The van der Waals surface area contributed by atoms with Crippen molar-refractivity contribution < 1.29 is 23.5 Å². The zero-order valence-corrected chi connectivity index (χ0v) is 14.8. The molecule has 0 bridgehead atoms. The van der Waals surface area contributed by atoms with Crippen molar-refractivity contribution in [3.63, 3.8) is 0 Å². The minimum Gasteiger partial charge on any atom is -0.479 e. The van der Waals surface area contributed by atoms with Crippen LogP contribution in [0.4, 0.5) is 10.1 Å². The van der Waals surface area contributed by atoms with E-state index in [1.807, 2.05) is 6.92 Å². The van der Waals surface area contributed by atoms with Gasteiger partial charge in [-0.15, -0.1) is 0 Å². The minimum atomic E-state index is -0.731. The number of benzene rings is 2. The molecule has 1 atom stereocenters. The highest BCUT2D eigenvalue weighted by Gasteiger charge is 2.16. The fourth-order valence-electron chi connectivity index (χ4n) is 2.11. The standard InChI is InChI=1S/C20H22FNO4/c1-3-4-13-25-20(24)14(2)26-18-11-5-15(6-12-18)19(23)22-17-9-7-16(21)8-10-17/h5-12,14H,3-4,13H2,1-2H3,(H,22,23). The molecular formula is C20H22FNO4. The average molecular weight is 359 g/mol. The van der Waals surface area contributed by atoms with Crippen LogP contribution >= 0.6 is 0 Å². The quantitative estimate of drug-likeness (QED) is 0.567. The second-order valence-electron chi connectivity index (χ2n) is 5.77. The Bertz CT molecular complexity index is 728. The van der Waals surface area contributed by atoms with Crippen molar-refractivity contribution in [1.82, 2.24) is 0 Å². The van der Waals surface area contributed by atoms with Crippen molar-refractivity contribution in [2.24, 2.45) is 0 Å². The van der Waals surface area contributed by atoms with Gasteiger partial charge in [0.15, 0.2) is 6.10 Å². The molecule has 0 heterocycles. The number of nitrogens with one attached hydrogen (secondary N) is 1. The predicted octanol–water partition coefficient (Wildman–Crippen LogP) is 4.19. The lowest BCUT2D eigenvalue weighted by Crippen LogP contribution is -2.26. The van der Waals surface area contributed by atoms with E-state index >= 15 is 0 Å². The van der Waals surface area contributed by atoms with Crippen LogP contribution in [0.15, 0.2) is 48.5 Å². The lowest BCUT2D eigenvalue weighted by Gasteiger charge is -2.14. The van der Waals surface area contributed by atoms with Gasteiger partial charge in [-0.25, -0.2) is 9.18 Å². The molecule has 2 aromatic carbocycles. The number of anilines is 1. The Morgan fingerprint density at radius 3 is 2.35 bits per heavy atom. The molecule has 0 spiro atoms. The number of halogens is 1. The van der Waals surface area contributed by atoms with Crippen molar-refractivity contribution in [2.45, 2.75) is 32.8 Å². The lowest BCUT2D eigenvalue weighted by molar-refractivity contribution is -0.151. The molecule has 1 unspecified atom stereocenters. The van der Waals surface area contributed by atoms with Crippen molar-refractivity contribution in [2.75, 3.05) is 11.9 Å². The summed E-state index contributed by atoms with van der Waals surface area (Å²) in [5, 5.41) is 2.67. The maximum Gasteiger partial charge on any atom is 0.347 e. The molecule has 138 valence electrons. The Hall–Kier alpha value is -2.89. The Labute approximate surface area is 152 Å². The molecule has 0 saturated carbocycles. The molecule has 0 aliphatic carbocycles. The first-order valence-electron chi connectivity index (χ1n) is 8.50. The first-order valence-corrected chi connectivity index (χ1v) is 8.50. The van der Waals surface area contributed by atoms with Gasteiger partial charge in [0.05, 0.1) is 6.61 Å². The molecule has 0 aliphatic heterocycles. The number of amides is 1. The van der Waals surface area contributed by atoms with Crippen LogP contribution in [0.25, 0.3) is 0 Å². The van der Waals surface area contributed by atoms with Gasteiger partial charge < -0.3 is 14.8 Å². The predicted molar refractivity (Wildman–Crippen MR) is 96.8 cm³/mol. The van der Waals surface area contributed by atoms with E-state index in [0.717, 1.165) is 12.8 Å². The summed E-state index contributed by atoms with van der Waals surface area (Å²) in [5.74, 6) is -0.651. The fraction of sp³-hybridized carbons (Fsp3) is 0.300. The fourth-order valence-corrected chi connectivity index (χ4v) is 2.11. The molecule has 1 N–H and O–H groups in total. The van der Waals surface area contributed by atoms with E-state index in [1.165, 1.54) is 24.3 Å². The van der Waals surface area contributed by atoms with Gasteiger partial charge in [0.25, 0.3) is 5.91 Å². The van der Waals surface area contributed by atoms with E-state index in [2.05, 4.69) is 5.32 Å². The van der Waals surface area contributed by atoms with Gasteiger partial charge in [-0.1, -0.05) is 13.3 Å². The minimum absolute atomic E-state index is 0.324. The molecule has 2 rings (SSSR count). The molecule has 6 heteroatoms. The third-order valence-electron chi connectivity index (χ3n) is 3.61. The Kier molecular flexibility index (Phi) is 7.14. The summed E-state index contributed by atoms with van der Waals surface area (Å²) in [5.41, 5.74) is 0.917. The molecular weight excluding hydrogens is 337 g/mol. The monoisotopic (exact) mass is 359 g/mol. The lowest BCUT2D eigenvalue weighted by atomic mass is 10.2. The number of unbranched alkanes of at least 4 members (excludes halogenated alkanes) is 1. The van der Waals surface area contributed by atoms with Crippen molar-refractivity contribution in [1.29, 1.82) is 0 Å². The van der Waals surface area contributed by atoms with E-state index < -0.39 is 12.1 Å². The van der Waals surface area contributed by atoms with Crippen LogP contribution in [0, 0.1) is 5.82 Å². The summed E-state index contributed by atoms with van der Waals surface area (Å²) < 4.78 is 23.5. The molecule has 0 aliphatic rings. The maximum absolute atomic E-state index is 12.9. The molecule has 0 saturated heterocycles. The molecule has 1 amide bonds. The first kappa shape index (κ1) is 19.4. The van der Waals surface area contributed by atoms with Crippen LogP contribution < -0.4 is 10.1 Å². The van der Waals surface area contributed by atoms with Crippen molar-refractivity contribution in [3.05, 3.63) is 59.9 Å². The van der Waals surface area contributed by atoms with Crippen LogP contribution in [-0.4, -0.2) is 24.6 Å².